The van der Waals surface area contributed by atoms with Gasteiger partial charge in [0.15, 0.2) is 0 Å². The third-order valence-corrected chi connectivity index (χ3v) is 4.37. The molecule has 23 heavy (non-hydrogen) atoms. The van der Waals surface area contributed by atoms with Gasteiger partial charge in [0.1, 0.15) is 0 Å². The number of carbonyl (C=O) groups is 1. The number of aromatic nitrogens is 3. The van der Waals surface area contributed by atoms with Crippen LogP contribution in [0.25, 0.3) is 5.69 Å². The summed E-state index contributed by atoms with van der Waals surface area (Å²) in [6, 6.07) is 6.11. The van der Waals surface area contributed by atoms with Gasteiger partial charge in [-0.15, -0.1) is 0 Å². The highest BCUT2D eigenvalue weighted by molar-refractivity contribution is 5.98. The van der Waals surface area contributed by atoms with E-state index in [0.717, 1.165) is 43.7 Å². The summed E-state index contributed by atoms with van der Waals surface area (Å²) in [5.41, 5.74) is 2.46. The van der Waals surface area contributed by atoms with Crippen molar-refractivity contribution in [3.8, 4) is 5.69 Å². The van der Waals surface area contributed by atoms with Crippen LogP contribution < -0.4 is 5.32 Å². The molecule has 1 atom stereocenters. The van der Waals surface area contributed by atoms with E-state index in [-0.39, 0.29) is 11.9 Å². The third-order valence-electron chi connectivity index (χ3n) is 4.37. The van der Waals surface area contributed by atoms with E-state index in [1.807, 2.05) is 30.0 Å². The number of aryl methyl sites for hydroxylation is 1. The minimum atomic E-state index is 0.0663. The summed E-state index contributed by atoms with van der Waals surface area (Å²) in [5, 5.41) is 11.7. The van der Waals surface area contributed by atoms with Crippen molar-refractivity contribution in [3.05, 3.63) is 41.7 Å². The van der Waals surface area contributed by atoms with E-state index in [0.29, 0.717) is 5.56 Å². The number of benzene rings is 1. The van der Waals surface area contributed by atoms with Crippen molar-refractivity contribution in [2.75, 3.05) is 19.6 Å². The van der Waals surface area contributed by atoms with Crippen molar-refractivity contribution in [2.45, 2.75) is 32.7 Å². The van der Waals surface area contributed by atoms with Gasteiger partial charge in [-0.25, -0.2) is 0 Å². The van der Waals surface area contributed by atoms with Crippen LogP contribution in [0, 0.1) is 6.92 Å². The number of carbonyl (C=O) groups excluding carboxylic acids is 1. The quantitative estimate of drug-likeness (QED) is 0.938. The Hall–Kier alpha value is -2.21. The minimum absolute atomic E-state index is 0.0663. The molecule has 0 bridgehead atoms. The SMILES string of the molecule is CCC1CCNCCN1C(=O)c1cc(C)ccc1-n1nccn1. The molecule has 1 fully saturated rings. The highest BCUT2D eigenvalue weighted by Crippen LogP contribution is 2.21. The van der Waals surface area contributed by atoms with Gasteiger partial charge in [-0.1, -0.05) is 18.6 Å². The summed E-state index contributed by atoms with van der Waals surface area (Å²) < 4.78 is 0. The first-order valence-corrected chi connectivity index (χ1v) is 8.19. The number of amides is 1. The lowest BCUT2D eigenvalue weighted by molar-refractivity contribution is 0.0685. The standard InChI is InChI=1S/C17H23N5O/c1-3-14-6-7-18-10-11-21(14)17(23)15-12-13(2)4-5-16(15)22-19-8-9-20-22/h4-5,8-9,12,14,18H,3,6-7,10-11H2,1-2H3. The molecule has 1 aliphatic heterocycles. The molecule has 1 saturated heterocycles. The van der Waals surface area contributed by atoms with Crippen LogP contribution in [0.15, 0.2) is 30.6 Å². The number of nitrogens with zero attached hydrogens (tertiary/aromatic N) is 4. The summed E-state index contributed by atoms with van der Waals surface area (Å²) in [6.07, 6.45) is 5.20. The Labute approximate surface area is 136 Å². The summed E-state index contributed by atoms with van der Waals surface area (Å²) >= 11 is 0. The molecule has 1 N–H and O–H groups in total. The van der Waals surface area contributed by atoms with E-state index in [4.69, 9.17) is 0 Å². The first-order valence-electron chi connectivity index (χ1n) is 8.19. The molecule has 0 spiro atoms. The second-order valence-corrected chi connectivity index (χ2v) is 5.94. The maximum Gasteiger partial charge on any atom is 0.256 e. The van der Waals surface area contributed by atoms with E-state index in [1.54, 1.807) is 12.4 Å². The summed E-state index contributed by atoms with van der Waals surface area (Å²) in [6.45, 7) is 6.67. The Morgan fingerprint density at radius 3 is 2.83 bits per heavy atom. The fourth-order valence-electron chi connectivity index (χ4n) is 3.11. The maximum atomic E-state index is 13.2. The Bertz CT molecular complexity index is 668. The lowest BCUT2D eigenvalue weighted by Crippen LogP contribution is -2.41. The normalized spacial score (nSPS) is 18.7. The lowest BCUT2D eigenvalue weighted by atomic mass is 10.0. The summed E-state index contributed by atoms with van der Waals surface area (Å²) in [5.74, 6) is 0.0663. The van der Waals surface area contributed by atoms with E-state index in [1.165, 1.54) is 4.80 Å². The molecular weight excluding hydrogens is 290 g/mol. The molecule has 0 radical (unpaired) electrons. The van der Waals surface area contributed by atoms with Gasteiger partial charge in [0.2, 0.25) is 0 Å². The van der Waals surface area contributed by atoms with Gasteiger partial charge in [0.05, 0.1) is 23.6 Å². The van der Waals surface area contributed by atoms with Crippen LogP contribution in [0.4, 0.5) is 0 Å². The van der Waals surface area contributed by atoms with E-state index < -0.39 is 0 Å². The fourth-order valence-corrected chi connectivity index (χ4v) is 3.11. The lowest BCUT2D eigenvalue weighted by Gasteiger charge is -2.29. The maximum absolute atomic E-state index is 13.2. The van der Waals surface area contributed by atoms with Crippen molar-refractivity contribution in [2.24, 2.45) is 0 Å². The van der Waals surface area contributed by atoms with Crippen LogP contribution in [0.2, 0.25) is 0 Å². The second-order valence-electron chi connectivity index (χ2n) is 5.94. The van der Waals surface area contributed by atoms with E-state index in [9.17, 15) is 4.79 Å². The smallest absolute Gasteiger partial charge is 0.256 e. The summed E-state index contributed by atoms with van der Waals surface area (Å²) in [7, 11) is 0. The van der Waals surface area contributed by atoms with Gasteiger partial charge in [0.25, 0.3) is 5.91 Å². The zero-order valence-electron chi connectivity index (χ0n) is 13.7. The zero-order chi connectivity index (χ0) is 16.2. The monoisotopic (exact) mass is 313 g/mol. The first-order chi connectivity index (χ1) is 11.2. The first kappa shape index (κ1) is 15.7. The molecule has 3 rings (SSSR count). The Kier molecular flexibility index (Phi) is 4.71. The molecule has 1 aromatic carbocycles. The molecule has 6 nitrogen and oxygen atoms in total. The molecule has 6 heteroatoms. The molecule has 1 unspecified atom stereocenters. The summed E-state index contributed by atoms with van der Waals surface area (Å²) in [4.78, 5) is 16.7. The Morgan fingerprint density at radius 1 is 1.30 bits per heavy atom. The van der Waals surface area contributed by atoms with Crippen LogP contribution in [0.1, 0.15) is 35.7 Å². The Morgan fingerprint density at radius 2 is 2.09 bits per heavy atom. The molecular formula is C17H23N5O. The largest absolute Gasteiger partial charge is 0.334 e. The van der Waals surface area contributed by atoms with Crippen molar-refractivity contribution >= 4 is 5.91 Å². The highest BCUT2D eigenvalue weighted by atomic mass is 16.2. The number of rotatable bonds is 3. The van der Waals surface area contributed by atoms with Gasteiger partial charge in [-0.2, -0.15) is 15.0 Å². The fraction of sp³-hybridized carbons (Fsp3) is 0.471. The molecule has 2 aromatic rings. The minimum Gasteiger partial charge on any atom is -0.334 e. The van der Waals surface area contributed by atoms with E-state index >= 15 is 0 Å². The van der Waals surface area contributed by atoms with Crippen molar-refractivity contribution in [3.63, 3.8) is 0 Å². The molecule has 0 saturated carbocycles. The highest BCUT2D eigenvalue weighted by Gasteiger charge is 2.27. The van der Waals surface area contributed by atoms with Crippen LogP contribution >= 0.6 is 0 Å². The van der Waals surface area contributed by atoms with Crippen molar-refractivity contribution in [1.29, 1.82) is 0 Å². The van der Waals surface area contributed by atoms with Crippen LogP contribution in [-0.4, -0.2) is 51.5 Å². The molecule has 1 amide bonds. The van der Waals surface area contributed by atoms with Crippen LogP contribution in [0.3, 0.4) is 0 Å². The third kappa shape index (κ3) is 3.27. The van der Waals surface area contributed by atoms with Crippen LogP contribution in [0.5, 0.6) is 0 Å². The number of nitrogens with one attached hydrogen (secondary N) is 1. The molecule has 1 aliphatic rings. The van der Waals surface area contributed by atoms with Crippen molar-refractivity contribution in [1.82, 2.24) is 25.2 Å². The van der Waals surface area contributed by atoms with Gasteiger partial charge in [-0.3, -0.25) is 4.79 Å². The van der Waals surface area contributed by atoms with Gasteiger partial charge < -0.3 is 10.2 Å². The zero-order valence-corrected chi connectivity index (χ0v) is 13.7. The van der Waals surface area contributed by atoms with Gasteiger partial charge in [0, 0.05) is 19.1 Å². The predicted molar refractivity (Wildman–Crippen MR) is 88.7 cm³/mol. The average molecular weight is 313 g/mol. The van der Waals surface area contributed by atoms with Gasteiger partial charge >= 0.3 is 0 Å². The number of hydrogen-bond donors (Lipinski definition) is 1. The Balaban J connectivity index is 1.99. The molecule has 0 aliphatic carbocycles. The van der Waals surface area contributed by atoms with Gasteiger partial charge in [-0.05, 0) is 38.4 Å². The second kappa shape index (κ2) is 6.91. The van der Waals surface area contributed by atoms with E-state index in [2.05, 4.69) is 22.4 Å². The molecule has 1 aromatic heterocycles. The average Bonchev–Trinajstić information content (AvgIpc) is 2.98. The number of hydrogen-bond acceptors (Lipinski definition) is 4. The predicted octanol–water partition coefficient (Wildman–Crippen LogP) is 1.79. The van der Waals surface area contributed by atoms with Crippen LogP contribution in [-0.2, 0) is 0 Å². The topological polar surface area (TPSA) is 63.1 Å². The molecule has 122 valence electrons. The molecule has 2 heterocycles. The van der Waals surface area contributed by atoms with Crippen molar-refractivity contribution < 1.29 is 4.79 Å².